The number of aryl methyl sites for hydroxylation is 1. The third kappa shape index (κ3) is 4.93. The second-order valence-electron chi connectivity index (χ2n) is 9.72. The van der Waals surface area contributed by atoms with Crippen molar-refractivity contribution in [1.29, 1.82) is 0 Å². The predicted octanol–water partition coefficient (Wildman–Crippen LogP) is 4.51. The third-order valence-electron chi connectivity index (χ3n) is 6.66. The summed E-state index contributed by atoms with van der Waals surface area (Å²) < 4.78 is 57.3. The highest BCUT2D eigenvalue weighted by molar-refractivity contribution is 6.29. The van der Waals surface area contributed by atoms with Gasteiger partial charge in [0.25, 0.3) is 0 Å². The summed E-state index contributed by atoms with van der Waals surface area (Å²) in [5, 5.41) is 2.98. The van der Waals surface area contributed by atoms with E-state index in [2.05, 4.69) is 20.3 Å². The van der Waals surface area contributed by atoms with Crippen molar-refractivity contribution in [3.8, 4) is 0 Å². The van der Waals surface area contributed by atoms with Gasteiger partial charge in [-0.05, 0) is 43.7 Å². The van der Waals surface area contributed by atoms with E-state index in [9.17, 15) is 22.8 Å². The van der Waals surface area contributed by atoms with Gasteiger partial charge in [0.1, 0.15) is 47.0 Å². The van der Waals surface area contributed by atoms with Crippen LogP contribution < -0.4 is 11.1 Å². The molecule has 3 N–H and O–H groups in total. The number of fused-ring (bicyclic) bond motifs is 3. The van der Waals surface area contributed by atoms with Crippen molar-refractivity contribution in [3.63, 3.8) is 0 Å². The number of pyridine rings is 1. The van der Waals surface area contributed by atoms with E-state index in [0.717, 1.165) is 23.4 Å². The van der Waals surface area contributed by atoms with E-state index in [-0.39, 0.29) is 51.7 Å². The Morgan fingerprint density at radius 1 is 1.26 bits per heavy atom. The zero-order chi connectivity index (χ0) is 28.3. The van der Waals surface area contributed by atoms with Crippen LogP contribution in [0.5, 0.6) is 0 Å². The number of rotatable bonds is 4. The maximum atomic E-state index is 15.1. The molecule has 1 aliphatic rings. The van der Waals surface area contributed by atoms with Crippen LogP contribution in [0.25, 0.3) is 21.9 Å². The smallest absolute Gasteiger partial charge is 0.383 e. The fourth-order valence-corrected chi connectivity index (χ4v) is 5.22. The molecule has 2 amide bonds. The Morgan fingerprint density at radius 2 is 2.00 bits per heavy atom. The van der Waals surface area contributed by atoms with E-state index >= 15 is 4.39 Å². The quantitative estimate of drug-likeness (QED) is 0.279. The molecule has 1 fully saturated rings. The van der Waals surface area contributed by atoms with Crippen molar-refractivity contribution in [1.82, 2.24) is 24.4 Å². The molecule has 5 rings (SSSR count). The molecule has 2 atom stereocenters. The van der Waals surface area contributed by atoms with Crippen LogP contribution in [0.15, 0.2) is 36.7 Å². The molecule has 1 saturated heterocycles. The average molecular weight is 564 g/mol. The summed E-state index contributed by atoms with van der Waals surface area (Å²) in [5.41, 5.74) is 3.93. The molecular weight excluding hydrogens is 542 g/mol. The Kier molecular flexibility index (Phi) is 6.36. The number of nitrogens with one attached hydrogen (secondary N) is 1. The van der Waals surface area contributed by atoms with Gasteiger partial charge < -0.3 is 20.5 Å². The molecule has 0 bridgehead atoms. The minimum atomic E-state index is -4.62. The van der Waals surface area contributed by atoms with Gasteiger partial charge in [-0.3, -0.25) is 9.59 Å². The summed E-state index contributed by atoms with van der Waals surface area (Å²) in [5.74, 6) is -1.21. The van der Waals surface area contributed by atoms with Crippen molar-refractivity contribution in [2.45, 2.75) is 44.7 Å². The summed E-state index contributed by atoms with van der Waals surface area (Å²) in [6.45, 7) is 1.97. The number of anilines is 2. The van der Waals surface area contributed by atoms with Gasteiger partial charge in [-0.25, -0.2) is 19.3 Å². The van der Waals surface area contributed by atoms with Crippen LogP contribution in [-0.2, 0) is 22.3 Å². The number of hydrogen-bond acceptors (Lipinski definition) is 6. The van der Waals surface area contributed by atoms with Crippen molar-refractivity contribution in [2.75, 3.05) is 17.6 Å². The van der Waals surface area contributed by atoms with Crippen LogP contribution in [0.3, 0.4) is 0 Å². The fraction of sp³-hybridized carbons (Fsp3) is 0.320. The summed E-state index contributed by atoms with van der Waals surface area (Å²) >= 11 is 5.87. The molecule has 0 spiro atoms. The highest BCUT2D eigenvalue weighted by Gasteiger charge is 2.47. The molecule has 4 heterocycles. The Morgan fingerprint density at radius 3 is 2.69 bits per heavy atom. The van der Waals surface area contributed by atoms with Crippen molar-refractivity contribution in [2.24, 2.45) is 0 Å². The first-order chi connectivity index (χ1) is 18.2. The number of alkyl halides is 4. The molecule has 204 valence electrons. The topological polar surface area (TPSA) is 119 Å². The van der Waals surface area contributed by atoms with Crippen molar-refractivity contribution < 1.29 is 27.2 Å². The van der Waals surface area contributed by atoms with E-state index < -0.39 is 41.8 Å². The zero-order valence-corrected chi connectivity index (χ0v) is 21.4. The van der Waals surface area contributed by atoms with Gasteiger partial charge in [-0.15, -0.1) is 0 Å². The molecule has 3 aromatic heterocycles. The van der Waals surface area contributed by atoms with E-state index in [4.69, 9.17) is 17.3 Å². The summed E-state index contributed by atoms with van der Waals surface area (Å²) in [4.78, 5) is 39.9. The summed E-state index contributed by atoms with van der Waals surface area (Å²) in [6, 6.07) is 5.33. The fourth-order valence-electron chi connectivity index (χ4n) is 5.06. The number of carbonyl (C=O) groups excluding carboxylic acids is 2. The number of carbonyl (C=O) groups is 2. The molecule has 0 radical (unpaired) electrons. The number of hydrogen-bond donors (Lipinski definition) is 2. The van der Waals surface area contributed by atoms with Crippen molar-refractivity contribution >= 4 is 57.0 Å². The third-order valence-corrected chi connectivity index (χ3v) is 6.87. The lowest BCUT2D eigenvalue weighted by atomic mass is 10.0. The Bertz CT molecular complexity index is 1640. The van der Waals surface area contributed by atoms with Gasteiger partial charge in [-0.2, -0.15) is 13.2 Å². The summed E-state index contributed by atoms with van der Waals surface area (Å²) in [6.07, 6.45) is -3.74. The summed E-state index contributed by atoms with van der Waals surface area (Å²) in [7, 11) is 0. The second-order valence-corrected chi connectivity index (χ2v) is 10.1. The van der Waals surface area contributed by atoms with E-state index in [1.54, 1.807) is 6.07 Å². The second kappa shape index (κ2) is 9.33. The van der Waals surface area contributed by atoms with Gasteiger partial charge in [0.05, 0.1) is 23.0 Å². The van der Waals surface area contributed by atoms with E-state index in [1.165, 1.54) is 30.5 Å². The average Bonchev–Trinajstić information content (AvgIpc) is 3.34. The van der Waals surface area contributed by atoms with Gasteiger partial charge >= 0.3 is 6.18 Å². The molecule has 1 aromatic carbocycles. The first kappa shape index (κ1) is 26.6. The highest BCUT2D eigenvalue weighted by Crippen LogP contribution is 2.39. The Hall–Kier alpha value is -4.00. The monoisotopic (exact) mass is 563 g/mol. The number of amides is 2. The van der Waals surface area contributed by atoms with Crippen molar-refractivity contribution in [3.05, 3.63) is 52.9 Å². The van der Waals surface area contributed by atoms with Gasteiger partial charge in [0.2, 0.25) is 11.8 Å². The lowest BCUT2D eigenvalue weighted by molar-refractivity contribution is -0.137. The maximum Gasteiger partial charge on any atom is 0.416 e. The SMILES string of the molecule is Cc1cc(C(F)(F)F)cc2c3c(N)ncnc3n(CC(=O)N3C[C@](C)(F)C[C@@H]3C(=O)Nc3cccc(Cl)n3)c12. The van der Waals surface area contributed by atoms with E-state index in [0.29, 0.717) is 5.52 Å². The minimum absolute atomic E-state index is 0.0568. The van der Waals surface area contributed by atoms with Crippen LogP contribution in [0.1, 0.15) is 24.5 Å². The molecule has 14 heteroatoms. The van der Waals surface area contributed by atoms with Crippen LogP contribution in [0.4, 0.5) is 29.2 Å². The molecule has 0 unspecified atom stereocenters. The van der Waals surface area contributed by atoms with Gasteiger partial charge in [-0.1, -0.05) is 17.7 Å². The Labute approximate surface area is 224 Å². The molecule has 39 heavy (non-hydrogen) atoms. The number of benzene rings is 1. The largest absolute Gasteiger partial charge is 0.416 e. The van der Waals surface area contributed by atoms with Crippen LogP contribution >= 0.6 is 11.6 Å². The van der Waals surface area contributed by atoms with Crippen LogP contribution in [0.2, 0.25) is 5.15 Å². The molecule has 1 aliphatic heterocycles. The minimum Gasteiger partial charge on any atom is -0.383 e. The number of nitrogens with two attached hydrogens (primary N) is 1. The maximum absolute atomic E-state index is 15.1. The Balaban J connectivity index is 1.54. The number of nitrogen functional groups attached to an aromatic ring is 1. The highest BCUT2D eigenvalue weighted by atomic mass is 35.5. The number of likely N-dealkylation sites (tertiary alicyclic amines) is 1. The number of aromatic nitrogens is 4. The van der Waals surface area contributed by atoms with Crippen LogP contribution in [0, 0.1) is 6.92 Å². The predicted molar refractivity (Wildman–Crippen MR) is 137 cm³/mol. The standard InChI is InChI=1S/C25H22ClF4N7O2/c1-12-6-13(25(28,29)30)7-14-19-21(31)32-11-33-22(19)36(20(12)14)9-18(38)37-10-24(2,27)8-15(37)23(39)35-17-5-3-4-16(26)34-17/h3-7,11,15H,8-10H2,1-2H3,(H2,31,32,33)(H,34,35,39)/t15-,24-/m1/s1. The van der Waals surface area contributed by atoms with Gasteiger partial charge in [0.15, 0.2) is 0 Å². The molecule has 9 nitrogen and oxygen atoms in total. The van der Waals surface area contributed by atoms with Crippen LogP contribution in [-0.4, -0.2) is 54.5 Å². The number of halogens is 5. The first-order valence-corrected chi connectivity index (χ1v) is 12.1. The number of nitrogens with zero attached hydrogens (tertiary/aromatic N) is 5. The van der Waals surface area contributed by atoms with E-state index in [1.807, 2.05) is 0 Å². The lowest BCUT2D eigenvalue weighted by Crippen LogP contribution is -2.44. The van der Waals surface area contributed by atoms with Gasteiger partial charge in [0, 0.05) is 11.8 Å². The first-order valence-electron chi connectivity index (χ1n) is 11.8. The zero-order valence-electron chi connectivity index (χ0n) is 20.7. The molecule has 4 aromatic rings. The molecule has 0 saturated carbocycles. The molecular formula is C25H22ClF4N7O2. The normalized spacial score (nSPS) is 19.7. The molecule has 0 aliphatic carbocycles. The lowest BCUT2D eigenvalue weighted by Gasteiger charge is -2.24.